The van der Waals surface area contributed by atoms with Crippen LogP contribution in [0, 0.1) is 11.7 Å². The van der Waals surface area contributed by atoms with Crippen molar-refractivity contribution in [1.29, 1.82) is 0 Å². The first-order valence-electron chi connectivity index (χ1n) is 8.13. The molecule has 1 aliphatic rings. The van der Waals surface area contributed by atoms with E-state index in [2.05, 4.69) is 9.97 Å². The number of nitrogens with two attached hydrogens (primary N) is 1. The molecule has 2 heterocycles. The third-order valence-electron chi connectivity index (χ3n) is 4.47. The van der Waals surface area contributed by atoms with E-state index >= 15 is 0 Å². The van der Waals surface area contributed by atoms with E-state index < -0.39 is 17.4 Å². The Hall–Kier alpha value is -2.31. The lowest BCUT2D eigenvalue weighted by Gasteiger charge is -2.18. The summed E-state index contributed by atoms with van der Waals surface area (Å²) in [5.41, 5.74) is 6.37. The molecule has 5 nitrogen and oxygen atoms in total. The molecule has 3 aromatic rings. The van der Waals surface area contributed by atoms with Crippen LogP contribution in [0.25, 0.3) is 16.6 Å². The van der Waals surface area contributed by atoms with E-state index in [1.54, 1.807) is 24.5 Å². The monoisotopic (exact) mass is 358 g/mol. The summed E-state index contributed by atoms with van der Waals surface area (Å²) in [6.07, 6.45) is 6.12. The molecule has 2 N–H and O–H groups in total. The van der Waals surface area contributed by atoms with Gasteiger partial charge in [0.15, 0.2) is 0 Å². The minimum absolute atomic E-state index is 0.0427. The molecule has 0 aliphatic heterocycles. The molecule has 0 saturated heterocycles. The Morgan fingerprint density at radius 1 is 1.36 bits per heavy atom. The number of halogens is 2. The fourth-order valence-electron chi connectivity index (χ4n) is 3.04. The van der Waals surface area contributed by atoms with Gasteiger partial charge < -0.3 is 5.73 Å². The van der Waals surface area contributed by atoms with Gasteiger partial charge in [0.05, 0.1) is 28.3 Å². The quantitative estimate of drug-likeness (QED) is 0.776. The summed E-state index contributed by atoms with van der Waals surface area (Å²) in [5, 5.41) is 0.210. The number of pyridine rings is 1. The Morgan fingerprint density at radius 2 is 2.16 bits per heavy atom. The lowest BCUT2D eigenvalue weighted by Crippen LogP contribution is -2.29. The van der Waals surface area contributed by atoms with Crippen LogP contribution < -0.4 is 11.3 Å². The van der Waals surface area contributed by atoms with Crippen LogP contribution in [0.15, 0.2) is 41.5 Å². The molecule has 7 heteroatoms. The minimum atomic E-state index is -0.588. The molecule has 1 unspecified atom stereocenters. The molecule has 128 valence electrons. The van der Waals surface area contributed by atoms with Crippen molar-refractivity contribution < 1.29 is 4.39 Å². The van der Waals surface area contributed by atoms with Gasteiger partial charge in [-0.3, -0.25) is 14.3 Å². The largest absolute Gasteiger partial charge is 0.321 e. The molecule has 1 saturated carbocycles. The fraction of sp³-hybridized carbons (Fsp3) is 0.278. The number of aromatic nitrogens is 3. The second-order valence-electron chi connectivity index (χ2n) is 6.36. The molecule has 0 bridgehead atoms. The molecule has 0 spiro atoms. The van der Waals surface area contributed by atoms with Crippen molar-refractivity contribution >= 4 is 22.5 Å². The Bertz CT molecular complexity index is 1000. The number of hydrogen-bond acceptors (Lipinski definition) is 4. The Morgan fingerprint density at radius 3 is 2.84 bits per heavy atom. The van der Waals surface area contributed by atoms with E-state index in [9.17, 15) is 9.18 Å². The van der Waals surface area contributed by atoms with Crippen LogP contribution in [-0.2, 0) is 0 Å². The molecule has 1 aliphatic carbocycles. The number of rotatable bonds is 4. The highest BCUT2D eigenvalue weighted by molar-refractivity contribution is 6.35. The summed E-state index contributed by atoms with van der Waals surface area (Å²) in [7, 11) is 0. The second-order valence-corrected chi connectivity index (χ2v) is 6.77. The Balaban J connectivity index is 2.03. The van der Waals surface area contributed by atoms with Crippen LogP contribution in [0.4, 0.5) is 4.39 Å². The Labute approximate surface area is 148 Å². The summed E-state index contributed by atoms with van der Waals surface area (Å²) in [4.78, 5) is 21.6. The molecule has 0 amide bonds. The lowest BCUT2D eigenvalue weighted by molar-refractivity contribution is 0.550. The standard InChI is InChI=1S/C18H16ClFN4O/c19-12-5-6-13(20)16-15(12)18(25)24(11-2-1-7-22-9-11)17(23-16)14(21)8-10-3-4-10/h1-2,5-7,9-10,14H,3-4,8,21H2. The van der Waals surface area contributed by atoms with E-state index in [-0.39, 0.29) is 15.9 Å². The van der Waals surface area contributed by atoms with E-state index in [1.165, 1.54) is 16.7 Å². The van der Waals surface area contributed by atoms with Gasteiger partial charge in [-0.05, 0) is 36.6 Å². The maximum atomic E-state index is 14.3. The van der Waals surface area contributed by atoms with Gasteiger partial charge in [0.1, 0.15) is 17.2 Å². The topological polar surface area (TPSA) is 73.8 Å². The highest BCUT2D eigenvalue weighted by Crippen LogP contribution is 2.37. The number of nitrogens with zero attached hydrogens (tertiary/aromatic N) is 3. The maximum absolute atomic E-state index is 14.3. The highest BCUT2D eigenvalue weighted by atomic mass is 35.5. The van der Waals surface area contributed by atoms with Crippen molar-refractivity contribution in [2.75, 3.05) is 0 Å². The predicted octanol–water partition coefficient (Wildman–Crippen LogP) is 3.37. The summed E-state index contributed by atoms with van der Waals surface area (Å²) in [6, 6.07) is 5.56. The molecule has 2 aromatic heterocycles. The van der Waals surface area contributed by atoms with Gasteiger partial charge in [0.2, 0.25) is 0 Å². The average molecular weight is 359 g/mol. The average Bonchev–Trinajstić information content (AvgIpc) is 3.42. The van der Waals surface area contributed by atoms with Gasteiger partial charge in [0, 0.05) is 6.20 Å². The maximum Gasteiger partial charge on any atom is 0.267 e. The zero-order valence-corrected chi connectivity index (χ0v) is 14.1. The van der Waals surface area contributed by atoms with Gasteiger partial charge in [-0.15, -0.1) is 0 Å². The van der Waals surface area contributed by atoms with Gasteiger partial charge in [-0.1, -0.05) is 24.4 Å². The van der Waals surface area contributed by atoms with Crippen LogP contribution in [0.3, 0.4) is 0 Å². The van der Waals surface area contributed by atoms with E-state index in [4.69, 9.17) is 17.3 Å². The zero-order chi connectivity index (χ0) is 17.6. The van der Waals surface area contributed by atoms with Gasteiger partial charge in [-0.2, -0.15) is 0 Å². The van der Waals surface area contributed by atoms with Crippen molar-refractivity contribution in [2.24, 2.45) is 11.7 Å². The number of fused-ring (bicyclic) bond motifs is 1. The molecular formula is C18H16ClFN4O. The van der Waals surface area contributed by atoms with Crippen molar-refractivity contribution in [3.05, 3.63) is 63.7 Å². The predicted molar refractivity (Wildman–Crippen MR) is 94.4 cm³/mol. The normalized spacial score (nSPS) is 15.5. The highest BCUT2D eigenvalue weighted by Gasteiger charge is 2.28. The Kier molecular flexibility index (Phi) is 4.01. The SMILES string of the molecule is NC(CC1CC1)c1nc2c(F)ccc(Cl)c2c(=O)n1-c1cccnc1. The fourth-order valence-corrected chi connectivity index (χ4v) is 3.27. The van der Waals surface area contributed by atoms with E-state index in [0.717, 1.165) is 12.8 Å². The summed E-state index contributed by atoms with van der Waals surface area (Å²) in [5.74, 6) is 0.280. The van der Waals surface area contributed by atoms with Crippen molar-refractivity contribution in [1.82, 2.24) is 14.5 Å². The molecule has 1 fully saturated rings. The summed E-state index contributed by atoms with van der Waals surface area (Å²) < 4.78 is 15.7. The molecule has 0 radical (unpaired) electrons. The molecule has 4 rings (SSSR count). The van der Waals surface area contributed by atoms with Crippen molar-refractivity contribution in [2.45, 2.75) is 25.3 Å². The summed E-state index contributed by atoms with van der Waals surface area (Å²) >= 11 is 6.15. The van der Waals surface area contributed by atoms with Crippen LogP contribution in [0.2, 0.25) is 5.02 Å². The molecule has 25 heavy (non-hydrogen) atoms. The first kappa shape index (κ1) is 16.2. The molecule has 1 aromatic carbocycles. The first-order valence-corrected chi connectivity index (χ1v) is 8.50. The molecule has 1 atom stereocenters. The van der Waals surface area contributed by atoms with Gasteiger partial charge >= 0.3 is 0 Å². The third kappa shape index (κ3) is 2.92. The van der Waals surface area contributed by atoms with E-state index in [1.807, 2.05) is 0 Å². The third-order valence-corrected chi connectivity index (χ3v) is 4.79. The zero-order valence-electron chi connectivity index (χ0n) is 13.3. The minimum Gasteiger partial charge on any atom is -0.321 e. The van der Waals surface area contributed by atoms with Crippen LogP contribution in [-0.4, -0.2) is 14.5 Å². The lowest BCUT2D eigenvalue weighted by atomic mass is 10.1. The number of benzene rings is 1. The van der Waals surface area contributed by atoms with Crippen molar-refractivity contribution in [3.63, 3.8) is 0 Å². The molecular weight excluding hydrogens is 343 g/mol. The first-order chi connectivity index (χ1) is 12.1. The van der Waals surface area contributed by atoms with Crippen molar-refractivity contribution in [3.8, 4) is 5.69 Å². The smallest absolute Gasteiger partial charge is 0.267 e. The van der Waals surface area contributed by atoms with E-state index in [0.29, 0.717) is 23.9 Å². The van der Waals surface area contributed by atoms with Crippen LogP contribution >= 0.6 is 11.6 Å². The van der Waals surface area contributed by atoms with Gasteiger partial charge in [0.25, 0.3) is 5.56 Å². The number of hydrogen-bond donors (Lipinski definition) is 1. The van der Waals surface area contributed by atoms with Crippen LogP contribution in [0.1, 0.15) is 31.1 Å². The van der Waals surface area contributed by atoms with Crippen LogP contribution in [0.5, 0.6) is 0 Å². The summed E-state index contributed by atoms with van der Waals surface area (Å²) in [6.45, 7) is 0. The van der Waals surface area contributed by atoms with Gasteiger partial charge in [-0.25, -0.2) is 9.37 Å². The second kappa shape index (κ2) is 6.20.